The minimum atomic E-state index is 0.442. The van der Waals surface area contributed by atoms with E-state index >= 15 is 0 Å². The Morgan fingerprint density at radius 1 is 0.913 bits per heavy atom. The van der Waals surface area contributed by atoms with E-state index in [9.17, 15) is 0 Å². The Morgan fingerprint density at radius 3 is 2.35 bits per heavy atom. The van der Waals surface area contributed by atoms with Gasteiger partial charge in [-0.25, -0.2) is 9.67 Å². The predicted molar refractivity (Wildman–Crippen MR) is 93.5 cm³/mol. The highest BCUT2D eigenvalue weighted by Gasteiger charge is 2.19. The van der Waals surface area contributed by atoms with Crippen molar-refractivity contribution in [2.45, 2.75) is 0 Å². The summed E-state index contributed by atoms with van der Waals surface area (Å²) in [5.41, 5.74) is 3.60. The van der Waals surface area contributed by atoms with E-state index in [1.54, 1.807) is 10.9 Å². The Kier molecular flexibility index (Phi) is 3.52. The first kappa shape index (κ1) is 13.9. The Morgan fingerprint density at radius 2 is 1.61 bits per heavy atom. The average Bonchev–Trinajstić information content (AvgIpc) is 2.96. The van der Waals surface area contributed by atoms with Gasteiger partial charge in [-0.15, -0.1) is 0 Å². The average molecular weight is 321 g/mol. The van der Waals surface area contributed by atoms with Crippen LogP contribution >= 0.6 is 11.6 Å². The van der Waals surface area contributed by atoms with Crippen molar-refractivity contribution in [1.82, 2.24) is 9.78 Å². The summed E-state index contributed by atoms with van der Waals surface area (Å²) in [5, 5.41) is 4.87. The Bertz CT molecular complexity index is 895. The molecule has 3 aromatic rings. The van der Waals surface area contributed by atoms with Crippen LogP contribution in [-0.2, 0) is 0 Å². The van der Waals surface area contributed by atoms with Crippen molar-refractivity contribution in [3.05, 3.63) is 78.0 Å². The molecule has 0 spiro atoms. The van der Waals surface area contributed by atoms with Gasteiger partial charge in [0.05, 0.1) is 29.7 Å². The second kappa shape index (κ2) is 5.82. The molecule has 0 aliphatic carbocycles. The van der Waals surface area contributed by atoms with Crippen molar-refractivity contribution in [1.29, 1.82) is 0 Å². The first-order valence-corrected chi connectivity index (χ1v) is 7.67. The number of fused-ring (bicyclic) bond motifs is 1. The molecule has 0 amide bonds. The summed E-state index contributed by atoms with van der Waals surface area (Å²) < 4.78 is 1.79. The lowest BCUT2D eigenvalue weighted by Crippen LogP contribution is -2.05. The minimum Gasteiger partial charge on any atom is -0.266 e. The highest BCUT2D eigenvalue weighted by Crippen LogP contribution is 2.28. The van der Waals surface area contributed by atoms with Gasteiger partial charge in [0.25, 0.3) is 0 Å². The fourth-order valence-corrected chi connectivity index (χ4v) is 2.73. The van der Waals surface area contributed by atoms with Crippen molar-refractivity contribution >= 4 is 28.3 Å². The van der Waals surface area contributed by atoms with E-state index in [2.05, 4.69) is 10.1 Å². The third kappa shape index (κ3) is 2.58. The molecule has 2 heterocycles. The normalized spacial score (nSPS) is 13.8. The van der Waals surface area contributed by atoms with Crippen molar-refractivity contribution in [3.63, 3.8) is 0 Å². The summed E-state index contributed by atoms with van der Waals surface area (Å²) in [4.78, 5) is 9.24. The zero-order valence-corrected chi connectivity index (χ0v) is 13.0. The van der Waals surface area contributed by atoms with Crippen LogP contribution in [0.2, 0.25) is 0 Å². The summed E-state index contributed by atoms with van der Waals surface area (Å²) in [5.74, 6) is 0.710. The van der Waals surface area contributed by atoms with Crippen LogP contribution in [0.5, 0.6) is 0 Å². The molecule has 112 valence electrons. The Labute approximate surface area is 138 Å². The summed E-state index contributed by atoms with van der Waals surface area (Å²) in [6.07, 6.45) is 1.71. The van der Waals surface area contributed by atoms with Crippen LogP contribution in [0.15, 0.2) is 76.8 Å². The summed E-state index contributed by atoms with van der Waals surface area (Å²) in [7, 11) is 0. The monoisotopic (exact) mass is 320 g/mol. The summed E-state index contributed by atoms with van der Waals surface area (Å²) in [6, 6.07) is 19.9. The molecule has 4 nitrogen and oxygen atoms in total. The van der Waals surface area contributed by atoms with Gasteiger partial charge in [0.15, 0.2) is 5.82 Å². The number of hydrogen-bond acceptors (Lipinski definition) is 3. The molecular weight excluding hydrogens is 308 g/mol. The Hall–Kier alpha value is -2.72. The van der Waals surface area contributed by atoms with E-state index in [-0.39, 0.29) is 0 Å². The molecule has 0 N–H and O–H groups in total. The summed E-state index contributed by atoms with van der Waals surface area (Å²) in [6.45, 7) is 0.451. The van der Waals surface area contributed by atoms with E-state index in [0.717, 1.165) is 22.5 Å². The number of aromatic nitrogens is 2. The van der Waals surface area contributed by atoms with Crippen LogP contribution in [0.4, 0.5) is 5.82 Å². The molecule has 23 heavy (non-hydrogen) atoms. The summed E-state index contributed by atoms with van der Waals surface area (Å²) >= 11 is 6.33. The number of benzene rings is 2. The van der Waals surface area contributed by atoms with Crippen LogP contribution in [0.1, 0.15) is 11.1 Å². The molecule has 0 saturated heterocycles. The zero-order valence-electron chi connectivity index (χ0n) is 12.2. The van der Waals surface area contributed by atoms with E-state index in [1.165, 1.54) is 0 Å². The largest absolute Gasteiger partial charge is 0.266 e. The lowest BCUT2D eigenvalue weighted by molar-refractivity contribution is 0.880. The molecule has 2 aromatic carbocycles. The molecule has 0 atom stereocenters. The number of aliphatic imine (C=N–C) groups is 2. The van der Waals surface area contributed by atoms with E-state index in [0.29, 0.717) is 17.5 Å². The van der Waals surface area contributed by atoms with Gasteiger partial charge in [0.2, 0.25) is 0 Å². The molecule has 0 bridgehead atoms. The lowest BCUT2D eigenvalue weighted by Gasteiger charge is -2.06. The van der Waals surface area contributed by atoms with Gasteiger partial charge in [0.1, 0.15) is 5.17 Å². The molecule has 0 unspecified atom stereocenters. The van der Waals surface area contributed by atoms with Crippen molar-refractivity contribution in [2.75, 3.05) is 6.54 Å². The SMILES string of the molecule is ClC1=NCC(c2ccccc2)=Nc2c1cnn2-c1ccccc1. The first-order chi connectivity index (χ1) is 11.3. The number of hydrogen-bond donors (Lipinski definition) is 0. The quantitative estimate of drug-likeness (QED) is 0.704. The highest BCUT2D eigenvalue weighted by molar-refractivity contribution is 6.70. The van der Waals surface area contributed by atoms with Crippen molar-refractivity contribution in [2.24, 2.45) is 9.98 Å². The fourth-order valence-electron chi connectivity index (χ4n) is 2.53. The number of rotatable bonds is 2. The van der Waals surface area contributed by atoms with E-state index < -0.39 is 0 Å². The van der Waals surface area contributed by atoms with Gasteiger partial charge in [-0.1, -0.05) is 60.1 Å². The molecule has 0 saturated carbocycles. The maximum absolute atomic E-state index is 6.33. The number of para-hydroxylation sites is 1. The van der Waals surface area contributed by atoms with E-state index in [1.807, 2.05) is 60.7 Å². The maximum Gasteiger partial charge on any atom is 0.166 e. The molecule has 1 aliphatic rings. The molecule has 5 heteroatoms. The lowest BCUT2D eigenvalue weighted by atomic mass is 10.1. The Balaban J connectivity index is 1.90. The van der Waals surface area contributed by atoms with Crippen LogP contribution in [0, 0.1) is 0 Å². The van der Waals surface area contributed by atoms with E-state index in [4.69, 9.17) is 16.6 Å². The van der Waals surface area contributed by atoms with Crippen LogP contribution in [-0.4, -0.2) is 27.2 Å². The van der Waals surface area contributed by atoms with Gasteiger partial charge in [-0.3, -0.25) is 4.99 Å². The molecular formula is C18H13ClN4. The predicted octanol–water partition coefficient (Wildman–Crippen LogP) is 3.99. The number of halogens is 1. The van der Waals surface area contributed by atoms with Gasteiger partial charge >= 0.3 is 0 Å². The van der Waals surface area contributed by atoms with Gasteiger partial charge < -0.3 is 0 Å². The highest BCUT2D eigenvalue weighted by atomic mass is 35.5. The van der Waals surface area contributed by atoms with Gasteiger partial charge in [-0.2, -0.15) is 5.10 Å². The molecule has 1 aliphatic heterocycles. The minimum absolute atomic E-state index is 0.442. The molecule has 1 aromatic heterocycles. The van der Waals surface area contributed by atoms with Crippen molar-refractivity contribution < 1.29 is 0 Å². The van der Waals surface area contributed by atoms with Crippen LogP contribution < -0.4 is 0 Å². The van der Waals surface area contributed by atoms with Gasteiger partial charge in [0, 0.05) is 0 Å². The van der Waals surface area contributed by atoms with Gasteiger partial charge in [-0.05, 0) is 17.7 Å². The molecule has 0 radical (unpaired) electrons. The second-order valence-corrected chi connectivity index (χ2v) is 5.52. The fraction of sp³-hybridized carbons (Fsp3) is 0.0556. The zero-order chi connectivity index (χ0) is 15.6. The van der Waals surface area contributed by atoms with Crippen molar-refractivity contribution in [3.8, 4) is 5.69 Å². The first-order valence-electron chi connectivity index (χ1n) is 7.30. The molecule has 4 rings (SSSR count). The number of nitrogens with zero attached hydrogens (tertiary/aromatic N) is 4. The molecule has 0 fully saturated rings. The standard InChI is InChI=1S/C18H13ClN4/c19-17-15-11-21-23(14-9-5-2-6-10-14)18(15)22-16(12-20-17)13-7-3-1-4-8-13/h1-11H,12H2. The smallest absolute Gasteiger partial charge is 0.166 e. The maximum atomic E-state index is 6.33. The van der Waals surface area contributed by atoms with Crippen LogP contribution in [0.3, 0.4) is 0 Å². The third-order valence-corrected chi connectivity index (χ3v) is 4.01. The van der Waals surface area contributed by atoms with Crippen LogP contribution in [0.25, 0.3) is 5.69 Å². The third-order valence-electron chi connectivity index (χ3n) is 3.68. The second-order valence-electron chi connectivity index (χ2n) is 5.16. The topological polar surface area (TPSA) is 42.5 Å².